The molecule has 1 aromatic heterocycles. The van der Waals surface area contributed by atoms with E-state index in [9.17, 15) is 4.79 Å². The lowest BCUT2D eigenvalue weighted by molar-refractivity contribution is 0.0690. The number of rotatable bonds is 3. The van der Waals surface area contributed by atoms with Gasteiger partial charge >= 0.3 is 5.97 Å². The number of aromatic carboxylic acids is 1. The van der Waals surface area contributed by atoms with Gasteiger partial charge in [-0.05, 0) is 42.0 Å². The van der Waals surface area contributed by atoms with Crippen LogP contribution in [0.2, 0.25) is 0 Å². The summed E-state index contributed by atoms with van der Waals surface area (Å²) in [6.45, 7) is 9.86. The molecule has 1 atom stereocenters. The summed E-state index contributed by atoms with van der Waals surface area (Å²) in [7, 11) is 0. The molecule has 0 amide bonds. The van der Waals surface area contributed by atoms with Gasteiger partial charge in [-0.15, -0.1) is 0 Å². The van der Waals surface area contributed by atoms with Crippen molar-refractivity contribution in [2.45, 2.75) is 33.7 Å². The molecule has 1 saturated heterocycles. The second kappa shape index (κ2) is 5.29. The van der Waals surface area contributed by atoms with Crippen LogP contribution in [-0.2, 0) is 6.54 Å². The Bertz CT molecular complexity index is 465. The minimum atomic E-state index is -0.962. The highest BCUT2D eigenvalue weighted by Crippen LogP contribution is 2.34. The van der Waals surface area contributed by atoms with E-state index < -0.39 is 5.97 Å². The average molecular weight is 262 g/mol. The maximum absolute atomic E-state index is 10.9. The van der Waals surface area contributed by atoms with Crippen molar-refractivity contribution < 1.29 is 9.90 Å². The zero-order valence-electron chi connectivity index (χ0n) is 11.9. The predicted molar refractivity (Wildman–Crippen MR) is 74.0 cm³/mol. The Morgan fingerprint density at radius 3 is 2.84 bits per heavy atom. The van der Waals surface area contributed by atoms with E-state index in [1.807, 2.05) is 6.07 Å². The van der Waals surface area contributed by atoms with E-state index in [4.69, 9.17) is 5.11 Å². The molecule has 0 radical (unpaired) electrons. The Labute approximate surface area is 114 Å². The van der Waals surface area contributed by atoms with Gasteiger partial charge in [0.25, 0.3) is 0 Å². The van der Waals surface area contributed by atoms with Gasteiger partial charge in [0.15, 0.2) is 0 Å². The van der Waals surface area contributed by atoms with Crippen LogP contribution in [0.5, 0.6) is 0 Å². The van der Waals surface area contributed by atoms with Crippen LogP contribution in [-0.4, -0.2) is 34.0 Å². The summed E-state index contributed by atoms with van der Waals surface area (Å²) >= 11 is 0. The zero-order valence-corrected chi connectivity index (χ0v) is 11.9. The van der Waals surface area contributed by atoms with E-state index >= 15 is 0 Å². The van der Waals surface area contributed by atoms with E-state index in [2.05, 4.69) is 30.7 Å². The molecule has 2 heterocycles. The molecular formula is C15H22N2O2. The van der Waals surface area contributed by atoms with Gasteiger partial charge in [0.1, 0.15) is 5.69 Å². The molecule has 19 heavy (non-hydrogen) atoms. The molecule has 0 aromatic carbocycles. The quantitative estimate of drug-likeness (QED) is 0.910. The molecule has 1 aliphatic rings. The molecule has 1 unspecified atom stereocenters. The Hall–Kier alpha value is -1.42. The Balaban J connectivity index is 1.99. The number of nitrogens with zero attached hydrogens (tertiary/aromatic N) is 2. The first kappa shape index (κ1) is 14.0. The molecule has 4 nitrogen and oxygen atoms in total. The number of carboxylic acid groups (broad SMARTS) is 1. The first-order chi connectivity index (χ1) is 8.86. The summed E-state index contributed by atoms with van der Waals surface area (Å²) in [5.41, 5.74) is 1.50. The smallest absolute Gasteiger partial charge is 0.354 e. The minimum Gasteiger partial charge on any atom is -0.477 e. The molecule has 0 spiro atoms. The van der Waals surface area contributed by atoms with Gasteiger partial charge in [-0.3, -0.25) is 4.90 Å². The molecule has 1 aromatic rings. The fourth-order valence-corrected chi connectivity index (χ4v) is 2.63. The summed E-state index contributed by atoms with van der Waals surface area (Å²) in [6, 6.07) is 3.57. The number of aromatic nitrogens is 1. The highest BCUT2D eigenvalue weighted by molar-refractivity contribution is 5.85. The lowest BCUT2D eigenvalue weighted by Crippen LogP contribution is -2.25. The maximum atomic E-state index is 10.9. The van der Waals surface area contributed by atoms with E-state index in [0.29, 0.717) is 11.3 Å². The van der Waals surface area contributed by atoms with Gasteiger partial charge in [-0.25, -0.2) is 9.78 Å². The second-order valence-electron chi connectivity index (χ2n) is 6.44. The van der Waals surface area contributed by atoms with Crippen LogP contribution in [0.15, 0.2) is 18.3 Å². The molecule has 104 valence electrons. The maximum Gasteiger partial charge on any atom is 0.354 e. The number of hydrogen-bond acceptors (Lipinski definition) is 3. The normalized spacial score (nSPS) is 20.7. The van der Waals surface area contributed by atoms with Gasteiger partial charge in [0, 0.05) is 19.3 Å². The lowest BCUT2D eigenvalue weighted by atomic mass is 9.80. The molecule has 2 rings (SSSR count). The lowest BCUT2D eigenvalue weighted by Gasteiger charge is -2.27. The van der Waals surface area contributed by atoms with Crippen molar-refractivity contribution in [3.8, 4) is 0 Å². The largest absolute Gasteiger partial charge is 0.477 e. The van der Waals surface area contributed by atoms with Gasteiger partial charge in [-0.1, -0.05) is 20.8 Å². The van der Waals surface area contributed by atoms with Crippen molar-refractivity contribution in [1.82, 2.24) is 9.88 Å². The highest BCUT2D eigenvalue weighted by atomic mass is 16.4. The summed E-state index contributed by atoms with van der Waals surface area (Å²) in [6.07, 6.45) is 2.80. The van der Waals surface area contributed by atoms with Crippen LogP contribution in [0.4, 0.5) is 0 Å². The van der Waals surface area contributed by atoms with Crippen LogP contribution in [0.1, 0.15) is 43.2 Å². The Morgan fingerprint density at radius 2 is 2.26 bits per heavy atom. The molecule has 4 heteroatoms. The summed E-state index contributed by atoms with van der Waals surface area (Å²) in [4.78, 5) is 17.1. The van der Waals surface area contributed by atoms with E-state index in [0.717, 1.165) is 25.2 Å². The van der Waals surface area contributed by atoms with Crippen molar-refractivity contribution in [2.75, 3.05) is 13.1 Å². The van der Waals surface area contributed by atoms with Gasteiger partial charge in [0.05, 0.1) is 0 Å². The van der Waals surface area contributed by atoms with Crippen LogP contribution in [0.3, 0.4) is 0 Å². The second-order valence-corrected chi connectivity index (χ2v) is 6.44. The third-order valence-corrected chi connectivity index (χ3v) is 3.95. The van der Waals surface area contributed by atoms with E-state index in [-0.39, 0.29) is 5.69 Å². The van der Waals surface area contributed by atoms with E-state index in [1.165, 1.54) is 6.42 Å². The van der Waals surface area contributed by atoms with Gasteiger partial charge < -0.3 is 5.11 Å². The summed E-state index contributed by atoms with van der Waals surface area (Å²) in [5.74, 6) is -0.246. The molecule has 1 fully saturated rings. The van der Waals surface area contributed by atoms with Crippen LogP contribution >= 0.6 is 0 Å². The molecule has 0 bridgehead atoms. The standard InChI is InChI=1S/C15H22N2O2/c1-15(2,3)12-5-7-17(10-12)9-11-4-6-16-13(8-11)14(18)19/h4,6,8,12H,5,7,9-10H2,1-3H3,(H,18,19). The Kier molecular flexibility index (Phi) is 3.90. The Morgan fingerprint density at radius 1 is 1.53 bits per heavy atom. The minimum absolute atomic E-state index is 0.129. The van der Waals surface area contributed by atoms with Gasteiger partial charge in [0.2, 0.25) is 0 Å². The molecule has 0 saturated carbocycles. The third-order valence-electron chi connectivity index (χ3n) is 3.95. The van der Waals surface area contributed by atoms with Crippen LogP contribution in [0, 0.1) is 11.3 Å². The van der Waals surface area contributed by atoms with Crippen molar-refractivity contribution in [3.63, 3.8) is 0 Å². The topological polar surface area (TPSA) is 53.4 Å². The predicted octanol–water partition coefficient (Wildman–Crippen LogP) is 2.65. The average Bonchev–Trinajstić information content (AvgIpc) is 2.77. The molecule has 1 N–H and O–H groups in total. The third kappa shape index (κ3) is 3.53. The fraction of sp³-hybridized carbons (Fsp3) is 0.600. The van der Waals surface area contributed by atoms with Crippen molar-refractivity contribution in [1.29, 1.82) is 0 Å². The summed E-state index contributed by atoms with van der Waals surface area (Å²) in [5, 5.41) is 8.94. The number of likely N-dealkylation sites (tertiary alicyclic amines) is 1. The summed E-state index contributed by atoms with van der Waals surface area (Å²) < 4.78 is 0. The van der Waals surface area contributed by atoms with Crippen molar-refractivity contribution >= 4 is 5.97 Å². The highest BCUT2D eigenvalue weighted by Gasteiger charge is 2.31. The number of carboxylic acids is 1. The van der Waals surface area contributed by atoms with Crippen LogP contribution in [0.25, 0.3) is 0 Å². The number of carbonyl (C=O) groups is 1. The zero-order chi connectivity index (χ0) is 14.0. The SMILES string of the molecule is CC(C)(C)C1CCN(Cc2ccnc(C(=O)O)c2)C1. The monoisotopic (exact) mass is 262 g/mol. The number of pyridine rings is 1. The van der Waals surface area contributed by atoms with Crippen LogP contribution < -0.4 is 0 Å². The molecule has 0 aliphatic carbocycles. The van der Waals surface area contributed by atoms with Gasteiger partial charge in [-0.2, -0.15) is 0 Å². The first-order valence-electron chi connectivity index (χ1n) is 6.77. The van der Waals surface area contributed by atoms with Crippen molar-refractivity contribution in [2.24, 2.45) is 11.3 Å². The fourth-order valence-electron chi connectivity index (χ4n) is 2.63. The first-order valence-corrected chi connectivity index (χ1v) is 6.77. The van der Waals surface area contributed by atoms with E-state index in [1.54, 1.807) is 12.3 Å². The number of hydrogen-bond donors (Lipinski definition) is 1. The molecule has 1 aliphatic heterocycles. The molecular weight excluding hydrogens is 240 g/mol. The van der Waals surface area contributed by atoms with Crippen molar-refractivity contribution in [3.05, 3.63) is 29.6 Å².